The number of rotatable bonds is 2. The van der Waals surface area contributed by atoms with Crippen LogP contribution in [0.2, 0.25) is 0 Å². The van der Waals surface area contributed by atoms with Gasteiger partial charge in [-0.1, -0.05) is 20.3 Å². The molecule has 0 radical (unpaired) electrons. The van der Waals surface area contributed by atoms with Crippen LogP contribution in [0.25, 0.3) is 0 Å². The molecule has 1 aromatic heterocycles. The fourth-order valence-corrected chi connectivity index (χ4v) is 3.39. The van der Waals surface area contributed by atoms with Crippen molar-refractivity contribution in [3.8, 4) is 0 Å². The molecule has 4 heteroatoms. The first-order valence-corrected chi connectivity index (χ1v) is 8.02. The van der Waals surface area contributed by atoms with E-state index in [1.54, 1.807) is 0 Å². The van der Waals surface area contributed by atoms with Crippen LogP contribution in [0.5, 0.6) is 0 Å². The summed E-state index contributed by atoms with van der Waals surface area (Å²) < 4.78 is 2.17. The predicted molar refractivity (Wildman–Crippen MR) is 78.6 cm³/mol. The maximum Gasteiger partial charge on any atom is 0.274 e. The van der Waals surface area contributed by atoms with Gasteiger partial charge >= 0.3 is 0 Å². The highest BCUT2D eigenvalue weighted by atomic mass is 16.2. The highest BCUT2D eigenvalue weighted by molar-refractivity contribution is 5.92. The molecule has 0 aliphatic carbocycles. The molecule has 0 bridgehead atoms. The van der Waals surface area contributed by atoms with Gasteiger partial charge in [-0.25, -0.2) is 4.98 Å². The van der Waals surface area contributed by atoms with Crippen molar-refractivity contribution in [3.63, 3.8) is 0 Å². The molecule has 1 unspecified atom stereocenters. The van der Waals surface area contributed by atoms with E-state index < -0.39 is 0 Å². The second-order valence-corrected chi connectivity index (χ2v) is 6.48. The van der Waals surface area contributed by atoms with E-state index in [-0.39, 0.29) is 5.91 Å². The summed E-state index contributed by atoms with van der Waals surface area (Å²) in [7, 11) is 0. The Hall–Kier alpha value is -1.32. The Bertz CT molecular complexity index is 486. The fourth-order valence-electron chi connectivity index (χ4n) is 3.39. The Morgan fingerprint density at radius 2 is 2.05 bits per heavy atom. The summed E-state index contributed by atoms with van der Waals surface area (Å²) in [6, 6.07) is 0. The molecule has 1 atom stereocenters. The van der Waals surface area contributed by atoms with Crippen molar-refractivity contribution in [1.82, 2.24) is 14.5 Å². The first-order chi connectivity index (χ1) is 9.67. The summed E-state index contributed by atoms with van der Waals surface area (Å²) in [5.41, 5.74) is 0.657. The summed E-state index contributed by atoms with van der Waals surface area (Å²) in [5.74, 6) is 2.72. The average molecular weight is 275 g/mol. The quantitative estimate of drug-likeness (QED) is 0.832. The number of hydrogen-bond donors (Lipinski definition) is 0. The molecule has 2 aliphatic rings. The smallest absolute Gasteiger partial charge is 0.274 e. The van der Waals surface area contributed by atoms with Gasteiger partial charge in [-0.2, -0.15) is 0 Å². The summed E-state index contributed by atoms with van der Waals surface area (Å²) in [5, 5.41) is 0. The molecule has 0 N–H and O–H groups in total. The molecule has 3 heterocycles. The summed E-state index contributed by atoms with van der Waals surface area (Å²) >= 11 is 0. The van der Waals surface area contributed by atoms with Crippen LogP contribution < -0.4 is 0 Å². The number of amides is 1. The van der Waals surface area contributed by atoms with Gasteiger partial charge in [0, 0.05) is 32.3 Å². The van der Waals surface area contributed by atoms with Crippen molar-refractivity contribution in [2.75, 3.05) is 13.1 Å². The Balaban J connectivity index is 1.69. The SMILES string of the molecule is CCC1CCN(C(=O)c2cn3c(n2)CC(C)CC3)CC1. The van der Waals surface area contributed by atoms with E-state index in [2.05, 4.69) is 23.4 Å². The third kappa shape index (κ3) is 2.60. The maximum absolute atomic E-state index is 12.5. The second kappa shape index (κ2) is 5.58. The predicted octanol–water partition coefficient (Wildman–Crippen LogP) is 2.73. The molecular formula is C16H25N3O. The van der Waals surface area contributed by atoms with Gasteiger partial charge in [-0.15, -0.1) is 0 Å². The molecule has 3 rings (SSSR count). The second-order valence-electron chi connectivity index (χ2n) is 6.48. The van der Waals surface area contributed by atoms with Gasteiger partial charge in [0.2, 0.25) is 0 Å². The van der Waals surface area contributed by atoms with Crippen molar-refractivity contribution in [1.29, 1.82) is 0 Å². The van der Waals surface area contributed by atoms with Crippen LogP contribution in [-0.2, 0) is 13.0 Å². The minimum atomic E-state index is 0.133. The van der Waals surface area contributed by atoms with Crippen molar-refractivity contribution >= 4 is 5.91 Å². The van der Waals surface area contributed by atoms with E-state index in [9.17, 15) is 4.79 Å². The third-order valence-electron chi connectivity index (χ3n) is 4.95. The van der Waals surface area contributed by atoms with Crippen LogP contribution >= 0.6 is 0 Å². The zero-order chi connectivity index (χ0) is 14.1. The van der Waals surface area contributed by atoms with Crippen LogP contribution in [0.4, 0.5) is 0 Å². The van der Waals surface area contributed by atoms with Crippen LogP contribution in [0.3, 0.4) is 0 Å². The lowest BCUT2D eigenvalue weighted by molar-refractivity contribution is 0.0683. The summed E-state index contributed by atoms with van der Waals surface area (Å²) in [4.78, 5) is 19.1. The van der Waals surface area contributed by atoms with E-state index in [0.29, 0.717) is 11.6 Å². The van der Waals surface area contributed by atoms with E-state index in [1.165, 1.54) is 12.8 Å². The number of nitrogens with zero attached hydrogens (tertiary/aromatic N) is 3. The monoisotopic (exact) mass is 275 g/mol. The number of piperidine rings is 1. The lowest BCUT2D eigenvalue weighted by Gasteiger charge is -2.31. The Morgan fingerprint density at radius 3 is 2.75 bits per heavy atom. The van der Waals surface area contributed by atoms with Crippen molar-refractivity contribution in [2.45, 2.75) is 52.5 Å². The number of hydrogen-bond acceptors (Lipinski definition) is 2. The number of carbonyl (C=O) groups excluding carboxylic acids is 1. The standard InChI is InChI=1S/C16H25N3O/c1-3-13-5-8-18(9-6-13)16(20)14-11-19-7-4-12(2)10-15(19)17-14/h11-13H,3-10H2,1-2H3. The first-order valence-electron chi connectivity index (χ1n) is 8.02. The third-order valence-corrected chi connectivity index (χ3v) is 4.95. The molecule has 0 spiro atoms. The van der Waals surface area contributed by atoms with Gasteiger partial charge in [0.25, 0.3) is 5.91 Å². The highest BCUT2D eigenvalue weighted by Crippen LogP contribution is 2.23. The van der Waals surface area contributed by atoms with Crippen LogP contribution in [-0.4, -0.2) is 33.4 Å². The van der Waals surface area contributed by atoms with Crippen LogP contribution in [0.15, 0.2) is 6.20 Å². The van der Waals surface area contributed by atoms with Crippen molar-refractivity contribution in [3.05, 3.63) is 17.7 Å². The van der Waals surface area contributed by atoms with Gasteiger partial charge in [0.1, 0.15) is 11.5 Å². The highest BCUT2D eigenvalue weighted by Gasteiger charge is 2.26. The van der Waals surface area contributed by atoms with E-state index in [4.69, 9.17) is 0 Å². The molecule has 0 aromatic carbocycles. The van der Waals surface area contributed by atoms with Gasteiger partial charge < -0.3 is 9.47 Å². The molecule has 1 aromatic rings. The number of fused-ring (bicyclic) bond motifs is 1. The number of carbonyl (C=O) groups is 1. The average Bonchev–Trinajstić information content (AvgIpc) is 2.89. The normalized spacial score (nSPS) is 23.7. The topological polar surface area (TPSA) is 38.1 Å². The number of imidazole rings is 1. The Kier molecular flexibility index (Phi) is 3.81. The van der Waals surface area contributed by atoms with E-state index >= 15 is 0 Å². The van der Waals surface area contributed by atoms with Gasteiger partial charge in [0.15, 0.2) is 0 Å². The van der Waals surface area contributed by atoms with Crippen LogP contribution in [0, 0.1) is 11.8 Å². The van der Waals surface area contributed by atoms with Crippen LogP contribution in [0.1, 0.15) is 55.8 Å². The van der Waals surface area contributed by atoms with Crippen molar-refractivity contribution in [2.24, 2.45) is 11.8 Å². The molecule has 0 saturated carbocycles. The lowest BCUT2D eigenvalue weighted by Crippen LogP contribution is -2.38. The molecular weight excluding hydrogens is 250 g/mol. The maximum atomic E-state index is 12.5. The zero-order valence-corrected chi connectivity index (χ0v) is 12.6. The first kappa shape index (κ1) is 13.7. The zero-order valence-electron chi connectivity index (χ0n) is 12.6. The van der Waals surface area contributed by atoms with E-state index in [0.717, 1.165) is 50.6 Å². The summed E-state index contributed by atoms with van der Waals surface area (Å²) in [6.45, 7) is 7.31. The number of aryl methyl sites for hydroxylation is 1. The lowest BCUT2D eigenvalue weighted by atomic mass is 9.94. The molecule has 2 aliphatic heterocycles. The van der Waals surface area contributed by atoms with Gasteiger partial charge in [-0.05, 0) is 31.1 Å². The van der Waals surface area contributed by atoms with Gasteiger partial charge in [-0.3, -0.25) is 4.79 Å². The van der Waals surface area contributed by atoms with Crippen molar-refractivity contribution < 1.29 is 4.79 Å². The number of likely N-dealkylation sites (tertiary alicyclic amines) is 1. The molecule has 1 amide bonds. The number of aromatic nitrogens is 2. The molecule has 110 valence electrons. The molecule has 1 fully saturated rings. The Labute approximate surface area is 121 Å². The molecule has 4 nitrogen and oxygen atoms in total. The van der Waals surface area contributed by atoms with Gasteiger partial charge in [0.05, 0.1) is 0 Å². The molecule has 1 saturated heterocycles. The largest absolute Gasteiger partial charge is 0.337 e. The fraction of sp³-hybridized carbons (Fsp3) is 0.750. The minimum Gasteiger partial charge on any atom is -0.337 e. The Morgan fingerprint density at radius 1 is 1.30 bits per heavy atom. The minimum absolute atomic E-state index is 0.133. The summed E-state index contributed by atoms with van der Waals surface area (Å²) in [6.07, 6.45) is 7.69. The molecule has 20 heavy (non-hydrogen) atoms. The van der Waals surface area contributed by atoms with E-state index in [1.807, 2.05) is 11.1 Å².